The van der Waals surface area contributed by atoms with E-state index in [-0.39, 0.29) is 25.7 Å². The highest BCUT2D eigenvalue weighted by Gasteiger charge is 2.14. The van der Waals surface area contributed by atoms with Crippen molar-refractivity contribution in [3.05, 3.63) is 0 Å². The first-order chi connectivity index (χ1) is 4.45. The zero-order chi connectivity index (χ0) is 8.20. The Balaban J connectivity index is -0.000000135. The SMILES string of the molecule is F.F.F.[B]CCC(=O)OC(C)(C)C. The quantitative estimate of drug-likeness (QED) is 0.501. The molecule has 0 amide bonds. The Morgan fingerprint density at radius 2 is 1.62 bits per heavy atom. The summed E-state index contributed by atoms with van der Waals surface area (Å²) in [6.45, 7) is 5.50. The fourth-order valence-corrected chi connectivity index (χ4v) is 0.510. The molecule has 0 rings (SSSR count). The molecular weight excluding hydrogens is 184 g/mol. The molecule has 0 aliphatic heterocycles. The van der Waals surface area contributed by atoms with Gasteiger partial charge >= 0.3 is 5.97 Å². The van der Waals surface area contributed by atoms with Crippen molar-refractivity contribution < 1.29 is 23.6 Å². The topological polar surface area (TPSA) is 26.3 Å². The summed E-state index contributed by atoms with van der Waals surface area (Å²) < 4.78 is 4.96. The van der Waals surface area contributed by atoms with Crippen molar-refractivity contribution in [2.75, 3.05) is 0 Å². The van der Waals surface area contributed by atoms with Crippen molar-refractivity contribution in [2.45, 2.75) is 39.1 Å². The van der Waals surface area contributed by atoms with Gasteiger partial charge in [-0.25, -0.2) is 0 Å². The lowest BCUT2D eigenvalue weighted by atomic mass is 10.0. The molecule has 0 aromatic rings. The molecule has 0 aliphatic rings. The van der Waals surface area contributed by atoms with Crippen LogP contribution < -0.4 is 0 Å². The van der Waals surface area contributed by atoms with Gasteiger partial charge in [-0.2, -0.15) is 0 Å². The second-order valence-electron chi connectivity index (χ2n) is 3.13. The molecule has 2 nitrogen and oxygen atoms in total. The molecule has 0 bridgehead atoms. The van der Waals surface area contributed by atoms with E-state index >= 15 is 0 Å². The zero-order valence-electron chi connectivity index (χ0n) is 8.03. The molecule has 0 fully saturated rings. The molecule has 80 valence electrons. The molecule has 0 saturated carbocycles. The molecule has 0 aromatic carbocycles. The number of carbonyl (C=O) groups is 1. The molecular formula is C7H16BF3O2. The van der Waals surface area contributed by atoms with Crippen molar-refractivity contribution in [1.82, 2.24) is 0 Å². The van der Waals surface area contributed by atoms with Crippen LogP contribution in [0.1, 0.15) is 27.2 Å². The van der Waals surface area contributed by atoms with Crippen LogP contribution in [0.4, 0.5) is 14.1 Å². The number of esters is 1. The predicted molar refractivity (Wildman–Crippen MR) is 48.5 cm³/mol. The largest absolute Gasteiger partial charge is 0.460 e. The van der Waals surface area contributed by atoms with Crippen LogP contribution in [0.3, 0.4) is 0 Å². The summed E-state index contributed by atoms with van der Waals surface area (Å²) >= 11 is 0. The Morgan fingerprint density at radius 1 is 1.23 bits per heavy atom. The number of hydrogen-bond acceptors (Lipinski definition) is 2. The summed E-state index contributed by atoms with van der Waals surface area (Å²) in [7, 11) is 5.15. The van der Waals surface area contributed by atoms with Crippen molar-refractivity contribution in [3.8, 4) is 0 Å². The minimum absolute atomic E-state index is 0. The standard InChI is InChI=1S/C7H13BO2.3FH/c1-7(2,3)10-6(9)4-5-8;;;/h4-5H2,1-3H3;3*1H. The van der Waals surface area contributed by atoms with Gasteiger partial charge in [0.05, 0.1) is 7.85 Å². The van der Waals surface area contributed by atoms with Gasteiger partial charge in [-0.05, 0) is 20.8 Å². The first-order valence-corrected chi connectivity index (χ1v) is 3.37. The smallest absolute Gasteiger partial charge is 0.305 e. The van der Waals surface area contributed by atoms with E-state index in [0.717, 1.165) is 0 Å². The third-order valence-electron chi connectivity index (χ3n) is 0.768. The van der Waals surface area contributed by atoms with E-state index < -0.39 is 0 Å². The van der Waals surface area contributed by atoms with Gasteiger partial charge in [0.15, 0.2) is 0 Å². The molecule has 2 radical (unpaired) electrons. The average molecular weight is 200 g/mol. The monoisotopic (exact) mass is 200 g/mol. The fourth-order valence-electron chi connectivity index (χ4n) is 0.510. The Kier molecular flexibility index (Phi) is 16.5. The number of carbonyl (C=O) groups excluding carboxylic acids is 1. The van der Waals surface area contributed by atoms with E-state index in [1.54, 1.807) is 0 Å². The van der Waals surface area contributed by atoms with Crippen LogP contribution >= 0.6 is 0 Å². The molecule has 13 heavy (non-hydrogen) atoms. The highest BCUT2D eigenvalue weighted by atomic mass is 19.0. The number of rotatable bonds is 2. The second-order valence-corrected chi connectivity index (χ2v) is 3.13. The van der Waals surface area contributed by atoms with Crippen LogP contribution in [-0.2, 0) is 9.53 Å². The van der Waals surface area contributed by atoms with Crippen LogP contribution in [0.2, 0.25) is 6.32 Å². The van der Waals surface area contributed by atoms with E-state index in [1.807, 2.05) is 20.8 Å². The number of halogens is 3. The maximum atomic E-state index is 10.8. The summed E-state index contributed by atoms with van der Waals surface area (Å²) in [5, 5.41) is 0. The van der Waals surface area contributed by atoms with E-state index in [0.29, 0.717) is 12.7 Å². The Hall–Kier alpha value is -0.675. The van der Waals surface area contributed by atoms with E-state index in [2.05, 4.69) is 0 Å². The van der Waals surface area contributed by atoms with Crippen molar-refractivity contribution in [2.24, 2.45) is 0 Å². The van der Waals surface area contributed by atoms with Crippen molar-refractivity contribution in [3.63, 3.8) is 0 Å². The molecule has 0 N–H and O–H groups in total. The summed E-state index contributed by atoms with van der Waals surface area (Å²) in [5.74, 6) is -0.227. The van der Waals surface area contributed by atoms with Gasteiger partial charge in [-0.3, -0.25) is 18.9 Å². The van der Waals surface area contributed by atoms with E-state index in [9.17, 15) is 4.79 Å². The van der Waals surface area contributed by atoms with Crippen LogP contribution in [0.15, 0.2) is 0 Å². The van der Waals surface area contributed by atoms with Crippen molar-refractivity contribution >= 4 is 13.8 Å². The minimum atomic E-state index is -0.383. The molecule has 0 spiro atoms. The van der Waals surface area contributed by atoms with Crippen LogP contribution in [0.25, 0.3) is 0 Å². The Bertz CT molecular complexity index is 125. The third kappa shape index (κ3) is 18.4. The lowest BCUT2D eigenvalue weighted by Gasteiger charge is -2.19. The average Bonchev–Trinajstić information content (AvgIpc) is 1.59. The van der Waals surface area contributed by atoms with Crippen molar-refractivity contribution in [1.29, 1.82) is 0 Å². The van der Waals surface area contributed by atoms with E-state index in [4.69, 9.17) is 12.6 Å². The van der Waals surface area contributed by atoms with E-state index in [1.165, 1.54) is 0 Å². The van der Waals surface area contributed by atoms with Gasteiger partial charge in [0.2, 0.25) is 0 Å². The van der Waals surface area contributed by atoms with Gasteiger partial charge in [0.25, 0.3) is 0 Å². The second kappa shape index (κ2) is 9.41. The minimum Gasteiger partial charge on any atom is -0.460 e. The summed E-state index contributed by atoms with van der Waals surface area (Å²) in [6, 6.07) is 0. The third-order valence-corrected chi connectivity index (χ3v) is 0.768. The normalized spacial score (nSPS) is 8.54. The molecule has 0 aromatic heterocycles. The van der Waals surface area contributed by atoms with Crippen LogP contribution in [0, 0.1) is 0 Å². The van der Waals surface area contributed by atoms with Gasteiger partial charge < -0.3 is 4.74 Å². The molecule has 0 unspecified atom stereocenters. The summed E-state index contributed by atoms with van der Waals surface area (Å²) in [4.78, 5) is 10.8. The highest BCUT2D eigenvalue weighted by Crippen LogP contribution is 2.08. The predicted octanol–water partition coefficient (Wildman–Crippen LogP) is 1.76. The maximum Gasteiger partial charge on any atom is 0.305 e. The lowest BCUT2D eigenvalue weighted by molar-refractivity contribution is -0.154. The maximum absolute atomic E-state index is 10.8. The molecule has 6 heteroatoms. The number of ether oxygens (including phenoxy) is 1. The molecule has 0 atom stereocenters. The number of hydrogen-bond donors (Lipinski definition) is 0. The zero-order valence-corrected chi connectivity index (χ0v) is 8.03. The van der Waals surface area contributed by atoms with Gasteiger partial charge in [0.1, 0.15) is 5.60 Å². The molecule has 0 saturated heterocycles. The van der Waals surface area contributed by atoms with Gasteiger partial charge in [-0.15, -0.1) is 0 Å². The van der Waals surface area contributed by atoms with Crippen LogP contribution in [-0.4, -0.2) is 19.4 Å². The Labute approximate surface area is 77.5 Å². The Morgan fingerprint density at radius 3 is 1.85 bits per heavy atom. The first-order valence-electron chi connectivity index (χ1n) is 3.37. The lowest BCUT2D eigenvalue weighted by Crippen LogP contribution is -2.23. The molecule has 0 aliphatic carbocycles. The summed E-state index contributed by atoms with van der Waals surface area (Å²) in [6.07, 6.45) is 0.659. The van der Waals surface area contributed by atoms with Gasteiger partial charge in [-0.1, -0.05) is 6.32 Å². The highest BCUT2D eigenvalue weighted by molar-refractivity contribution is 6.09. The summed E-state index contributed by atoms with van der Waals surface area (Å²) in [5.41, 5.74) is -0.383. The van der Waals surface area contributed by atoms with Gasteiger partial charge in [0, 0.05) is 6.42 Å². The fraction of sp³-hybridized carbons (Fsp3) is 0.857. The molecule has 0 heterocycles. The first kappa shape index (κ1) is 22.8. The van der Waals surface area contributed by atoms with Crippen LogP contribution in [0.5, 0.6) is 0 Å².